The summed E-state index contributed by atoms with van der Waals surface area (Å²) in [6.07, 6.45) is 0. The Balaban J connectivity index is 1.72. The van der Waals surface area contributed by atoms with Crippen molar-refractivity contribution in [2.45, 2.75) is 9.79 Å². The molecule has 0 radical (unpaired) electrons. The molecule has 0 heterocycles. The van der Waals surface area contributed by atoms with E-state index >= 15 is 0 Å². The number of hydrogen-bond acceptors (Lipinski definition) is 5. The van der Waals surface area contributed by atoms with E-state index in [1.54, 1.807) is 79.9 Å². The third-order valence-electron chi connectivity index (χ3n) is 4.04. The SMILES string of the molecule is COc1ccc(NC(=O)CNc2ccccc2S(=O)(=O)c2ccccc2)cc1. The fourth-order valence-electron chi connectivity index (χ4n) is 2.63. The summed E-state index contributed by atoms with van der Waals surface area (Å²) in [6, 6.07) is 21.6. The topological polar surface area (TPSA) is 84.5 Å². The predicted molar refractivity (Wildman–Crippen MR) is 108 cm³/mol. The maximum Gasteiger partial charge on any atom is 0.243 e. The minimum absolute atomic E-state index is 0.0760. The molecule has 28 heavy (non-hydrogen) atoms. The Morgan fingerprint density at radius 2 is 1.54 bits per heavy atom. The van der Waals surface area contributed by atoms with Gasteiger partial charge in [0.15, 0.2) is 0 Å². The van der Waals surface area contributed by atoms with Crippen LogP contribution in [0.4, 0.5) is 11.4 Å². The Hall–Kier alpha value is -3.32. The molecular weight excluding hydrogens is 376 g/mol. The zero-order chi connectivity index (χ0) is 20.0. The first-order valence-electron chi connectivity index (χ1n) is 8.57. The van der Waals surface area contributed by atoms with Gasteiger partial charge in [-0.1, -0.05) is 30.3 Å². The van der Waals surface area contributed by atoms with Crippen LogP contribution in [-0.2, 0) is 14.6 Å². The van der Waals surface area contributed by atoms with Crippen molar-refractivity contribution in [2.75, 3.05) is 24.3 Å². The molecule has 0 aliphatic heterocycles. The van der Waals surface area contributed by atoms with E-state index in [2.05, 4.69) is 10.6 Å². The van der Waals surface area contributed by atoms with Crippen LogP contribution in [0, 0.1) is 0 Å². The summed E-state index contributed by atoms with van der Waals surface area (Å²) in [5.74, 6) is 0.397. The molecule has 0 unspecified atom stereocenters. The minimum Gasteiger partial charge on any atom is -0.497 e. The van der Waals surface area contributed by atoms with Gasteiger partial charge in [0.05, 0.1) is 29.1 Å². The Morgan fingerprint density at radius 1 is 0.893 bits per heavy atom. The number of para-hydroxylation sites is 1. The first-order chi connectivity index (χ1) is 13.5. The van der Waals surface area contributed by atoms with E-state index in [0.717, 1.165) is 0 Å². The smallest absolute Gasteiger partial charge is 0.243 e. The molecule has 0 spiro atoms. The van der Waals surface area contributed by atoms with Crippen LogP contribution in [0.5, 0.6) is 5.75 Å². The van der Waals surface area contributed by atoms with Crippen LogP contribution in [0.2, 0.25) is 0 Å². The molecule has 144 valence electrons. The number of ether oxygens (including phenoxy) is 1. The van der Waals surface area contributed by atoms with Crippen LogP contribution >= 0.6 is 0 Å². The van der Waals surface area contributed by atoms with Gasteiger partial charge in [0, 0.05) is 5.69 Å². The third kappa shape index (κ3) is 4.50. The number of carbonyl (C=O) groups excluding carboxylic acids is 1. The lowest BCUT2D eigenvalue weighted by atomic mass is 10.3. The van der Waals surface area contributed by atoms with Crippen molar-refractivity contribution in [1.29, 1.82) is 0 Å². The third-order valence-corrected chi connectivity index (χ3v) is 5.87. The van der Waals surface area contributed by atoms with Crippen LogP contribution in [0.25, 0.3) is 0 Å². The second kappa shape index (κ2) is 8.58. The Kier molecular flexibility index (Phi) is 5.96. The minimum atomic E-state index is -3.69. The molecule has 0 atom stereocenters. The predicted octanol–water partition coefficient (Wildman–Crippen LogP) is 3.58. The van der Waals surface area contributed by atoms with Gasteiger partial charge in [-0.25, -0.2) is 8.42 Å². The molecule has 6 nitrogen and oxygen atoms in total. The second-order valence-corrected chi connectivity index (χ2v) is 7.86. The molecule has 2 N–H and O–H groups in total. The molecule has 0 aliphatic rings. The number of hydrogen-bond donors (Lipinski definition) is 2. The van der Waals surface area contributed by atoms with Crippen molar-refractivity contribution in [3.8, 4) is 5.75 Å². The maximum absolute atomic E-state index is 12.9. The van der Waals surface area contributed by atoms with Gasteiger partial charge in [-0.3, -0.25) is 4.79 Å². The lowest BCUT2D eigenvalue weighted by molar-refractivity contribution is -0.114. The number of sulfone groups is 1. The molecule has 7 heteroatoms. The molecule has 3 aromatic carbocycles. The van der Waals surface area contributed by atoms with Crippen LogP contribution in [-0.4, -0.2) is 28.0 Å². The molecule has 3 aromatic rings. The number of nitrogens with one attached hydrogen (secondary N) is 2. The van der Waals surface area contributed by atoms with Crippen molar-refractivity contribution >= 4 is 27.1 Å². The standard InChI is InChI=1S/C21H20N2O4S/c1-27-17-13-11-16(12-14-17)23-21(24)15-22-19-9-5-6-10-20(19)28(25,26)18-7-3-2-4-8-18/h2-14,22H,15H2,1H3,(H,23,24). The average Bonchev–Trinajstić information content (AvgIpc) is 2.73. The van der Waals surface area contributed by atoms with Crippen LogP contribution in [0.1, 0.15) is 0 Å². The molecule has 0 saturated carbocycles. The van der Waals surface area contributed by atoms with Crippen LogP contribution < -0.4 is 15.4 Å². The molecular formula is C21H20N2O4S. The van der Waals surface area contributed by atoms with Crippen LogP contribution in [0.3, 0.4) is 0 Å². The Labute approximate surface area is 164 Å². The molecule has 3 rings (SSSR count). The number of benzene rings is 3. The van der Waals surface area contributed by atoms with Crippen molar-refractivity contribution in [1.82, 2.24) is 0 Å². The van der Waals surface area contributed by atoms with Gasteiger partial charge in [-0.2, -0.15) is 0 Å². The van der Waals surface area contributed by atoms with Crippen molar-refractivity contribution in [3.05, 3.63) is 78.9 Å². The first kappa shape index (κ1) is 19.4. The van der Waals surface area contributed by atoms with Crippen molar-refractivity contribution in [3.63, 3.8) is 0 Å². The summed E-state index contributed by atoms with van der Waals surface area (Å²) in [5.41, 5.74) is 0.994. The van der Waals surface area contributed by atoms with Crippen molar-refractivity contribution in [2.24, 2.45) is 0 Å². The van der Waals surface area contributed by atoms with Gasteiger partial charge >= 0.3 is 0 Å². The summed E-state index contributed by atoms with van der Waals surface area (Å²) < 4.78 is 30.9. The highest BCUT2D eigenvalue weighted by Crippen LogP contribution is 2.27. The first-order valence-corrected chi connectivity index (χ1v) is 10.1. The van der Waals surface area contributed by atoms with Gasteiger partial charge < -0.3 is 15.4 Å². The monoisotopic (exact) mass is 396 g/mol. The van der Waals surface area contributed by atoms with Gasteiger partial charge in [0.2, 0.25) is 15.7 Å². The summed E-state index contributed by atoms with van der Waals surface area (Å²) in [6.45, 7) is -0.0760. The molecule has 0 fully saturated rings. The van der Waals surface area contributed by atoms with E-state index in [9.17, 15) is 13.2 Å². The normalized spacial score (nSPS) is 10.9. The van der Waals surface area contributed by atoms with E-state index in [1.807, 2.05) is 0 Å². The van der Waals surface area contributed by atoms with E-state index in [0.29, 0.717) is 17.1 Å². The highest BCUT2D eigenvalue weighted by Gasteiger charge is 2.21. The van der Waals surface area contributed by atoms with Gasteiger partial charge in [-0.05, 0) is 48.5 Å². The zero-order valence-electron chi connectivity index (χ0n) is 15.3. The summed E-state index contributed by atoms with van der Waals surface area (Å²) in [4.78, 5) is 12.5. The Morgan fingerprint density at radius 3 is 2.21 bits per heavy atom. The number of carbonyl (C=O) groups is 1. The highest BCUT2D eigenvalue weighted by molar-refractivity contribution is 7.91. The summed E-state index contributed by atoms with van der Waals surface area (Å²) >= 11 is 0. The van der Waals surface area contributed by atoms with E-state index in [4.69, 9.17) is 4.74 Å². The van der Waals surface area contributed by atoms with E-state index in [-0.39, 0.29) is 22.2 Å². The summed E-state index contributed by atoms with van der Waals surface area (Å²) in [5, 5.41) is 5.66. The highest BCUT2D eigenvalue weighted by atomic mass is 32.2. The summed E-state index contributed by atoms with van der Waals surface area (Å²) in [7, 11) is -2.12. The van der Waals surface area contributed by atoms with Crippen LogP contribution in [0.15, 0.2) is 88.7 Å². The number of anilines is 2. The van der Waals surface area contributed by atoms with Gasteiger partial charge in [0.1, 0.15) is 5.75 Å². The van der Waals surface area contributed by atoms with Crippen molar-refractivity contribution < 1.29 is 17.9 Å². The maximum atomic E-state index is 12.9. The van der Waals surface area contributed by atoms with E-state index < -0.39 is 9.84 Å². The van der Waals surface area contributed by atoms with Gasteiger partial charge in [0.25, 0.3) is 0 Å². The fraction of sp³-hybridized carbons (Fsp3) is 0.0952. The van der Waals surface area contributed by atoms with Gasteiger partial charge in [-0.15, -0.1) is 0 Å². The molecule has 0 aromatic heterocycles. The fourth-order valence-corrected chi connectivity index (χ4v) is 4.09. The number of amides is 1. The quantitative estimate of drug-likeness (QED) is 0.638. The largest absolute Gasteiger partial charge is 0.497 e. The lowest BCUT2D eigenvalue weighted by Crippen LogP contribution is -2.22. The Bertz CT molecular complexity index is 1050. The number of rotatable bonds is 7. The lowest BCUT2D eigenvalue weighted by Gasteiger charge is -2.13. The number of methoxy groups -OCH3 is 1. The van der Waals surface area contributed by atoms with E-state index in [1.165, 1.54) is 6.07 Å². The zero-order valence-corrected chi connectivity index (χ0v) is 16.1. The molecule has 0 bridgehead atoms. The average molecular weight is 396 g/mol. The molecule has 0 saturated heterocycles. The molecule has 1 amide bonds. The second-order valence-electron chi connectivity index (χ2n) is 5.94. The molecule has 0 aliphatic carbocycles.